The van der Waals surface area contributed by atoms with Gasteiger partial charge in [0.1, 0.15) is 5.75 Å². The van der Waals surface area contributed by atoms with E-state index in [1.165, 1.54) is 23.7 Å². The average Bonchev–Trinajstić information content (AvgIpc) is 3.51. The van der Waals surface area contributed by atoms with Gasteiger partial charge in [-0.1, -0.05) is 30.3 Å². The lowest BCUT2D eigenvalue weighted by atomic mass is 9.84. The number of methoxy groups -OCH3 is 1. The molecule has 0 bridgehead atoms. The van der Waals surface area contributed by atoms with Gasteiger partial charge in [-0.05, 0) is 53.5 Å². The Morgan fingerprint density at radius 3 is 2.41 bits per heavy atom. The fourth-order valence-electron chi connectivity index (χ4n) is 5.94. The van der Waals surface area contributed by atoms with Crippen LogP contribution in [0.5, 0.6) is 5.75 Å². The second-order valence-corrected chi connectivity index (χ2v) is 12.9. The Labute approximate surface area is 260 Å². The number of sulfonamides is 1. The van der Waals surface area contributed by atoms with E-state index in [2.05, 4.69) is 20.8 Å². The molecule has 2 atom stereocenters. The van der Waals surface area contributed by atoms with E-state index in [1.54, 1.807) is 12.1 Å². The monoisotopic (exact) mass is 657 g/mol. The predicted molar refractivity (Wildman–Crippen MR) is 158 cm³/mol. The summed E-state index contributed by atoms with van der Waals surface area (Å²) in [6, 6.07) is 14.4. The van der Waals surface area contributed by atoms with E-state index >= 15 is 0 Å². The van der Waals surface area contributed by atoms with Gasteiger partial charge in [0.2, 0.25) is 15.9 Å². The van der Waals surface area contributed by atoms with Crippen LogP contribution < -0.4 is 10.1 Å². The molecule has 16 heteroatoms. The fraction of sp³-hybridized carbons (Fsp3) is 0.500. The third-order valence-corrected chi connectivity index (χ3v) is 9.51. The van der Waals surface area contributed by atoms with Gasteiger partial charge in [0.05, 0.1) is 19.1 Å². The van der Waals surface area contributed by atoms with Gasteiger partial charge >= 0.3 is 6.18 Å². The SMILES string of the molecule is COc1ccc(-n2nnnc2C(F)(F)F)cc1CN[C@H]1CCN(C(=O)C2CCN(S(C)(=O)=O)CC2)C[C@H]1c1ccccc1.Cl. The van der Waals surface area contributed by atoms with Gasteiger partial charge in [-0.3, -0.25) is 4.79 Å². The number of rotatable bonds is 8. The number of ether oxygens (including phenoxy) is 1. The highest BCUT2D eigenvalue weighted by atomic mass is 35.5. The van der Waals surface area contributed by atoms with Crippen LogP contribution >= 0.6 is 12.4 Å². The molecule has 1 N–H and O–H groups in total. The average molecular weight is 658 g/mol. The molecule has 240 valence electrons. The predicted octanol–water partition coefficient (Wildman–Crippen LogP) is 3.26. The van der Waals surface area contributed by atoms with Crippen molar-refractivity contribution in [3.63, 3.8) is 0 Å². The Balaban J connectivity index is 0.00000442. The van der Waals surface area contributed by atoms with Crippen molar-refractivity contribution in [3.8, 4) is 11.4 Å². The molecule has 44 heavy (non-hydrogen) atoms. The molecular weight excluding hydrogens is 623 g/mol. The van der Waals surface area contributed by atoms with Gasteiger partial charge in [0.15, 0.2) is 0 Å². The lowest BCUT2D eigenvalue weighted by molar-refractivity contribution is -0.146. The highest BCUT2D eigenvalue weighted by Gasteiger charge is 2.39. The van der Waals surface area contributed by atoms with Crippen molar-refractivity contribution in [1.82, 2.24) is 34.7 Å². The van der Waals surface area contributed by atoms with Gasteiger partial charge in [-0.15, -0.1) is 17.5 Å². The second-order valence-electron chi connectivity index (χ2n) is 10.9. The Morgan fingerprint density at radius 2 is 1.77 bits per heavy atom. The number of halogens is 4. The number of amides is 1. The summed E-state index contributed by atoms with van der Waals surface area (Å²) < 4.78 is 71.6. The summed E-state index contributed by atoms with van der Waals surface area (Å²) in [6.45, 7) is 2.00. The number of nitrogens with zero attached hydrogens (tertiary/aromatic N) is 6. The number of alkyl halides is 3. The van der Waals surface area contributed by atoms with E-state index in [9.17, 15) is 26.4 Å². The van der Waals surface area contributed by atoms with E-state index in [1.807, 2.05) is 35.2 Å². The zero-order valence-corrected chi connectivity index (χ0v) is 25.9. The van der Waals surface area contributed by atoms with E-state index in [0.29, 0.717) is 68.0 Å². The molecule has 1 aromatic heterocycles. The van der Waals surface area contributed by atoms with Gasteiger partial charge < -0.3 is 15.0 Å². The molecule has 0 aliphatic carbocycles. The summed E-state index contributed by atoms with van der Waals surface area (Å²) in [4.78, 5) is 15.4. The number of aromatic nitrogens is 4. The van der Waals surface area contributed by atoms with Crippen molar-refractivity contribution < 1.29 is 31.1 Å². The molecule has 0 unspecified atom stereocenters. The number of piperidine rings is 2. The molecule has 11 nitrogen and oxygen atoms in total. The lowest BCUT2D eigenvalue weighted by Crippen LogP contribution is -2.52. The molecule has 2 aliphatic heterocycles. The van der Waals surface area contributed by atoms with E-state index < -0.39 is 22.0 Å². The molecule has 0 saturated carbocycles. The highest BCUT2D eigenvalue weighted by Crippen LogP contribution is 2.32. The number of tetrazole rings is 1. The first kappa shape index (κ1) is 33.6. The molecule has 0 spiro atoms. The second kappa shape index (κ2) is 13.8. The molecule has 1 amide bonds. The minimum absolute atomic E-state index is 0. The maximum Gasteiger partial charge on any atom is 0.453 e. The third-order valence-electron chi connectivity index (χ3n) is 8.21. The summed E-state index contributed by atoms with van der Waals surface area (Å²) in [5, 5.41) is 13.4. The van der Waals surface area contributed by atoms with Gasteiger partial charge in [-0.25, -0.2) is 12.7 Å². The Morgan fingerprint density at radius 1 is 1.07 bits per heavy atom. The quantitative estimate of drug-likeness (QED) is 0.392. The first-order valence-electron chi connectivity index (χ1n) is 14.0. The van der Waals surface area contributed by atoms with Crippen LogP contribution in [-0.4, -0.2) is 89.3 Å². The zero-order chi connectivity index (χ0) is 30.8. The number of likely N-dealkylation sites (tertiary alicyclic amines) is 1. The number of carbonyl (C=O) groups is 1. The fourth-order valence-corrected chi connectivity index (χ4v) is 6.81. The standard InChI is InChI=1S/C28H34F3N7O4S.ClH/c1-42-25-9-8-22(38-27(28(29,30)31)33-34-35-38)16-21(25)17-32-24-12-13-36(18-23(24)19-6-4-3-5-7-19)26(39)20-10-14-37(15-11-20)43(2,40)41;/h3-9,16,20,23-24,32H,10-15,17-18H2,1-2H3;1H/t23-,24-;/m0./s1. The van der Waals surface area contributed by atoms with Crippen LogP contribution in [0.4, 0.5) is 13.2 Å². The van der Waals surface area contributed by atoms with Crippen molar-refractivity contribution >= 4 is 28.3 Å². The molecule has 0 radical (unpaired) electrons. The number of benzene rings is 2. The molecule has 5 rings (SSSR count). The van der Waals surface area contributed by atoms with E-state index in [-0.39, 0.29) is 41.9 Å². The lowest BCUT2D eigenvalue weighted by Gasteiger charge is -2.41. The summed E-state index contributed by atoms with van der Waals surface area (Å²) in [5.74, 6) is -0.940. The molecule has 3 aromatic rings. The van der Waals surface area contributed by atoms with Crippen molar-refractivity contribution in [1.29, 1.82) is 0 Å². The number of hydrogen-bond acceptors (Lipinski definition) is 8. The third kappa shape index (κ3) is 7.50. The van der Waals surface area contributed by atoms with Crippen LogP contribution in [-0.2, 0) is 27.5 Å². The maximum absolute atomic E-state index is 13.5. The van der Waals surface area contributed by atoms with Crippen LogP contribution in [0.1, 0.15) is 42.1 Å². The molecular formula is C28H35ClF3N7O4S. The van der Waals surface area contributed by atoms with Crippen LogP contribution in [0, 0.1) is 5.92 Å². The summed E-state index contributed by atoms with van der Waals surface area (Å²) in [5.41, 5.74) is 1.84. The van der Waals surface area contributed by atoms with Crippen molar-refractivity contribution in [2.75, 3.05) is 39.5 Å². The van der Waals surface area contributed by atoms with E-state index in [0.717, 1.165) is 5.56 Å². The first-order valence-corrected chi connectivity index (χ1v) is 15.9. The Hall–Kier alpha value is -3.27. The van der Waals surface area contributed by atoms with Gasteiger partial charge in [0, 0.05) is 56.2 Å². The van der Waals surface area contributed by atoms with Crippen LogP contribution in [0.25, 0.3) is 5.69 Å². The Kier molecular flexibility index (Phi) is 10.5. The normalized spacial score (nSPS) is 20.2. The maximum atomic E-state index is 13.5. The summed E-state index contributed by atoms with van der Waals surface area (Å²) in [6.07, 6.45) is -1.89. The molecule has 3 heterocycles. The van der Waals surface area contributed by atoms with Crippen LogP contribution in [0.2, 0.25) is 0 Å². The smallest absolute Gasteiger partial charge is 0.453 e. The minimum atomic E-state index is -4.72. The van der Waals surface area contributed by atoms with Crippen molar-refractivity contribution in [2.45, 2.75) is 43.9 Å². The van der Waals surface area contributed by atoms with Crippen molar-refractivity contribution in [3.05, 3.63) is 65.5 Å². The first-order chi connectivity index (χ1) is 20.5. The largest absolute Gasteiger partial charge is 0.496 e. The zero-order valence-electron chi connectivity index (χ0n) is 24.3. The Bertz CT molecular complexity index is 1530. The van der Waals surface area contributed by atoms with Gasteiger partial charge in [-0.2, -0.15) is 17.9 Å². The van der Waals surface area contributed by atoms with E-state index in [4.69, 9.17) is 4.74 Å². The summed E-state index contributed by atoms with van der Waals surface area (Å²) >= 11 is 0. The van der Waals surface area contributed by atoms with Crippen LogP contribution in [0.15, 0.2) is 48.5 Å². The molecule has 2 aromatic carbocycles. The topological polar surface area (TPSA) is 123 Å². The molecule has 2 fully saturated rings. The minimum Gasteiger partial charge on any atom is -0.496 e. The number of nitrogens with one attached hydrogen (secondary N) is 1. The van der Waals surface area contributed by atoms with Crippen molar-refractivity contribution in [2.24, 2.45) is 5.92 Å². The highest BCUT2D eigenvalue weighted by molar-refractivity contribution is 7.88. The molecule has 2 aliphatic rings. The number of hydrogen-bond donors (Lipinski definition) is 1. The number of carbonyl (C=O) groups excluding carboxylic acids is 1. The summed E-state index contributed by atoms with van der Waals surface area (Å²) in [7, 11) is -1.79. The van der Waals surface area contributed by atoms with Crippen LogP contribution in [0.3, 0.4) is 0 Å². The van der Waals surface area contributed by atoms with Gasteiger partial charge in [0.25, 0.3) is 5.82 Å². The molecule has 2 saturated heterocycles.